The summed E-state index contributed by atoms with van der Waals surface area (Å²) >= 11 is 0. The molecule has 16 heavy (non-hydrogen) atoms. The van der Waals surface area contributed by atoms with Gasteiger partial charge in [0.1, 0.15) is 0 Å². The van der Waals surface area contributed by atoms with E-state index in [0.29, 0.717) is 0 Å². The van der Waals surface area contributed by atoms with Crippen LogP contribution in [0.5, 0.6) is 0 Å². The summed E-state index contributed by atoms with van der Waals surface area (Å²) in [5, 5.41) is 3.69. The van der Waals surface area contributed by atoms with E-state index >= 15 is 0 Å². The van der Waals surface area contributed by atoms with Gasteiger partial charge in [-0.15, -0.1) is 0 Å². The molecule has 0 amide bonds. The van der Waals surface area contributed by atoms with Gasteiger partial charge in [-0.3, -0.25) is 0 Å². The van der Waals surface area contributed by atoms with Crippen LogP contribution in [-0.2, 0) is 0 Å². The molecule has 2 aliphatic rings. The lowest BCUT2D eigenvalue weighted by Gasteiger charge is -2.03. The fraction of sp³-hybridized carbons (Fsp3) is 0.600. The lowest BCUT2D eigenvalue weighted by Crippen LogP contribution is -2.19. The SMILES string of the molecule is c1ccc(C2C[C@@H]2NCCCC2CC2)cc1. The van der Waals surface area contributed by atoms with E-state index in [9.17, 15) is 0 Å². The molecule has 0 heterocycles. The molecule has 2 saturated carbocycles. The topological polar surface area (TPSA) is 12.0 Å². The van der Waals surface area contributed by atoms with E-state index in [1.54, 1.807) is 0 Å². The minimum absolute atomic E-state index is 0.765. The summed E-state index contributed by atoms with van der Waals surface area (Å²) in [7, 11) is 0. The van der Waals surface area contributed by atoms with Crippen LogP contribution in [0.25, 0.3) is 0 Å². The first-order chi connectivity index (χ1) is 7.93. The van der Waals surface area contributed by atoms with Crippen LogP contribution < -0.4 is 5.32 Å². The Morgan fingerprint density at radius 2 is 1.94 bits per heavy atom. The Kier molecular flexibility index (Phi) is 2.96. The van der Waals surface area contributed by atoms with Gasteiger partial charge in [-0.25, -0.2) is 0 Å². The van der Waals surface area contributed by atoms with Gasteiger partial charge < -0.3 is 5.32 Å². The maximum Gasteiger partial charge on any atom is 0.0143 e. The number of benzene rings is 1. The predicted octanol–water partition coefficient (Wildman–Crippen LogP) is 3.32. The molecule has 1 aromatic carbocycles. The van der Waals surface area contributed by atoms with Crippen LogP contribution in [0.1, 0.15) is 43.6 Å². The van der Waals surface area contributed by atoms with Crippen LogP contribution in [0.4, 0.5) is 0 Å². The first-order valence-corrected chi connectivity index (χ1v) is 6.72. The van der Waals surface area contributed by atoms with Crippen molar-refractivity contribution >= 4 is 0 Å². The summed E-state index contributed by atoms with van der Waals surface area (Å²) in [4.78, 5) is 0. The van der Waals surface area contributed by atoms with Crippen molar-refractivity contribution in [3.63, 3.8) is 0 Å². The molecule has 0 radical (unpaired) electrons. The maximum atomic E-state index is 3.69. The molecule has 0 spiro atoms. The Labute approximate surface area is 98.3 Å². The molecule has 86 valence electrons. The van der Waals surface area contributed by atoms with Crippen molar-refractivity contribution in [2.45, 2.75) is 44.1 Å². The first kappa shape index (κ1) is 10.3. The molecular weight excluding hydrogens is 194 g/mol. The fourth-order valence-corrected chi connectivity index (χ4v) is 2.57. The third-order valence-electron chi connectivity index (χ3n) is 3.91. The van der Waals surface area contributed by atoms with Crippen LogP contribution in [0.2, 0.25) is 0 Å². The second kappa shape index (κ2) is 4.58. The minimum atomic E-state index is 0.765. The minimum Gasteiger partial charge on any atom is -0.313 e. The Hall–Kier alpha value is -0.820. The van der Waals surface area contributed by atoms with Gasteiger partial charge in [0.2, 0.25) is 0 Å². The average Bonchev–Trinajstić information content (AvgIpc) is 3.21. The Balaban J connectivity index is 1.36. The van der Waals surface area contributed by atoms with E-state index in [1.165, 1.54) is 44.2 Å². The van der Waals surface area contributed by atoms with Gasteiger partial charge in [-0.2, -0.15) is 0 Å². The zero-order valence-electron chi connectivity index (χ0n) is 9.86. The van der Waals surface area contributed by atoms with E-state index in [1.807, 2.05) is 0 Å². The molecule has 0 aliphatic heterocycles. The summed E-state index contributed by atoms with van der Waals surface area (Å²) < 4.78 is 0. The standard InChI is InChI=1S/C15H21N/c1-2-6-13(7-3-1)14-11-15(14)16-10-4-5-12-8-9-12/h1-3,6-7,12,14-16H,4-5,8-11H2/t14?,15-/m0/s1. The van der Waals surface area contributed by atoms with Gasteiger partial charge in [-0.1, -0.05) is 43.2 Å². The van der Waals surface area contributed by atoms with Gasteiger partial charge in [0.15, 0.2) is 0 Å². The van der Waals surface area contributed by atoms with E-state index in [-0.39, 0.29) is 0 Å². The second-order valence-corrected chi connectivity index (χ2v) is 5.40. The highest BCUT2D eigenvalue weighted by atomic mass is 15.0. The molecule has 2 fully saturated rings. The van der Waals surface area contributed by atoms with Crippen LogP contribution in [0, 0.1) is 5.92 Å². The lowest BCUT2D eigenvalue weighted by molar-refractivity contribution is 0.586. The highest BCUT2D eigenvalue weighted by Gasteiger charge is 2.37. The first-order valence-electron chi connectivity index (χ1n) is 6.72. The van der Waals surface area contributed by atoms with Crippen LogP contribution >= 0.6 is 0 Å². The van der Waals surface area contributed by atoms with Gasteiger partial charge in [-0.05, 0) is 37.3 Å². The largest absolute Gasteiger partial charge is 0.313 e. The highest BCUT2D eigenvalue weighted by molar-refractivity contribution is 5.27. The molecule has 1 aromatic rings. The van der Waals surface area contributed by atoms with Crippen molar-refractivity contribution in [2.75, 3.05) is 6.54 Å². The van der Waals surface area contributed by atoms with Gasteiger partial charge in [0.05, 0.1) is 0 Å². The summed E-state index contributed by atoms with van der Waals surface area (Å²) in [6.07, 6.45) is 7.16. The second-order valence-electron chi connectivity index (χ2n) is 5.40. The van der Waals surface area contributed by atoms with E-state index < -0.39 is 0 Å². The van der Waals surface area contributed by atoms with E-state index in [4.69, 9.17) is 0 Å². The molecule has 1 N–H and O–H groups in total. The molecule has 3 rings (SSSR count). The Morgan fingerprint density at radius 1 is 1.12 bits per heavy atom. The zero-order valence-corrected chi connectivity index (χ0v) is 9.86. The summed E-state index contributed by atoms with van der Waals surface area (Å²) in [6.45, 7) is 1.23. The molecule has 1 unspecified atom stereocenters. The molecule has 1 heteroatoms. The number of hydrogen-bond acceptors (Lipinski definition) is 1. The third-order valence-corrected chi connectivity index (χ3v) is 3.91. The number of nitrogens with one attached hydrogen (secondary N) is 1. The van der Waals surface area contributed by atoms with Crippen molar-refractivity contribution in [1.82, 2.24) is 5.32 Å². The van der Waals surface area contributed by atoms with Crippen molar-refractivity contribution in [3.8, 4) is 0 Å². The van der Waals surface area contributed by atoms with Crippen molar-refractivity contribution in [2.24, 2.45) is 5.92 Å². The Bertz CT molecular complexity index is 329. The summed E-state index contributed by atoms with van der Waals surface area (Å²) in [5.41, 5.74) is 1.52. The quantitative estimate of drug-likeness (QED) is 0.718. The van der Waals surface area contributed by atoms with Gasteiger partial charge >= 0.3 is 0 Å². The average molecular weight is 215 g/mol. The lowest BCUT2D eigenvalue weighted by atomic mass is 10.1. The number of hydrogen-bond donors (Lipinski definition) is 1. The molecular formula is C15H21N. The van der Waals surface area contributed by atoms with E-state index in [0.717, 1.165) is 17.9 Å². The molecule has 0 bridgehead atoms. The number of rotatable bonds is 6. The summed E-state index contributed by atoms with van der Waals surface area (Å²) in [6, 6.07) is 11.7. The molecule has 0 aromatic heterocycles. The third kappa shape index (κ3) is 2.65. The zero-order chi connectivity index (χ0) is 10.8. The van der Waals surface area contributed by atoms with Crippen LogP contribution in [0.3, 0.4) is 0 Å². The fourth-order valence-electron chi connectivity index (χ4n) is 2.57. The van der Waals surface area contributed by atoms with Gasteiger partial charge in [0, 0.05) is 12.0 Å². The molecule has 2 aliphatic carbocycles. The smallest absolute Gasteiger partial charge is 0.0143 e. The van der Waals surface area contributed by atoms with Crippen molar-refractivity contribution < 1.29 is 0 Å². The molecule has 0 saturated heterocycles. The van der Waals surface area contributed by atoms with Gasteiger partial charge in [0.25, 0.3) is 0 Å². The molecule has 2 atom stereocenters. The van der Waals surface area contributed by atoms with E-state index in [2.05, 4.69) is 35.6 Å². The van der Waals surface area contributed by atoms with Crippen LogP contribution in [0.15, 0.2) is 30.3 Å². The van der Waals surface area contributed by atoms with Crippen molar-refractivity contribution in [3.05, 3.63) is 35.9 Å². The Morgan fingerprint density at radius 3 is 2.69 bits per heavy atom. The monoisotopic (exact) mass is 215 g/mol. The molecule has 1 nitrogen and oxygen atoms in total. The maximum absolute atomic E-state index is 3.69. The predicted molar refractivity (Wildman–Crippen MR) is 67.5 cm³/mol. The van der Waals surface area contributed by atoms with Crippen LogP contribution in [-0.4, -0.2) is 12.6 Å². The normalized spacial score (nSPS) is 28.0. The highest BCUT2D eigenvalue weighted by Crippen LogP contribution is 2.40. The summed E-state index contributed by atoms with van der Waals surface area (Å²) in [5.74, 6) is 1.88. The van der Waals surface area contributed by atoms with Crippen molar-refractivity contribution in [1.29, 1.82) is 0 Å².